The average Bonchev–Trinajstić information content (AvgIpc) is 2.34. The van der Waals surface area contributed by atoms with Crippen molar-refractivity contribution in [3.63, 3.8) is 0 Å². The molecule has 5 heteroatoms. The molecule has 0 saturated carbocycles. The van der Waals surface area contributed by atoms with E-state index >= 15 is 0 Å². The van der Waals surface area contributed by atoms with Gasteiger partial charge >= 0.3 is 0 Å². The van der Waals surface area contributed by atoms with E-state index in [1.165, 1.54) is 0 Å². The number of hydrogen-bond donors (Lipinski definition) is 1. The second-order valence-corrected chi connectivity index (χ2v) is 6.01. The van der Waals surface area contributed by atoms with E-state index in [9.17, 15) is 9.59 Å². The normalized spacial score (nSPS) is 19.4. The summed E-state index contributed by atoms with van der Waals surface area (Å²) < 4.78 is 0. The summed E-state index contributed by atoms with van der Waals surface area (Å²) in [6, 6.07) is 6.95. The molecule has 0 spiro atoms. The first-order chi connectivity index (χ1) is 9.45. The Kier molecular flexibility index (Phi) is 4.65. The fourth-order valence-corrected chi connectivity index (χ4v) is 2.61. The molecule has 0 aliphatic carbocycles. The highest BCUT2D eigenvalue weighted by Crippen LogP contribution is 2.16. The Balaban J connectivity index is 2.10. The van der Waals surface area contributed by atoms with Gasteiger partial charge in [-0.3, -0.25) is 9.59 Å². The SMILES string of the molecule is CC(C)CC1NC(=O)CN(Cc2cccc(Cl)c2)C1=O. The number of halogens is 1. The lowest BCUT2D eigenvalue weighted by Crippen LogP contribution is -2.57. The van der Waals surface area contributed by atoms with Gasteiger partial charge in [-0.05, 0) is 30.0 Å². The summed E-state index contributed by atoms with van der Waals surface area (Å²) in [5, 5.41) is 3.40. The summed E-state index contributed by atoms with van der Waals surface area (Å²) in [4.78, 5) is 25.7. The fraction of sp³-hybridized carbons (Fsp3) is 0.467. The van der Waals surface area contributed by atoms with E-state index in [0.717, 1.165) is 5.56 Å². The number of amides is 2. The Morgan fingerprint density at radius 1 is 1.40 bits per heavy atom. The topological polar surface area (TPSA) is 49.4 Å². The summed E-state index contributed by atoms with van der Waals surface area (Å²) in [6.07, 6.45) is 0.663. The zero-order chi connectivity index (χ0) is 14.7. The van der Waals surface area contributed by atoms with Crippen LogP contribution in [0.3, 0.4) is 0 Å². The van der Waals surface area contributed by atoms with Gasteiger partial charge < -0.3 is 10.2 Å². The van der Waals surface area contributed by atoms with Gasteiger partial charge in [0.25, 0.3) is 0 Å². The largest absolute Gasteiger partial charge is 0.343 e. The molecule has 2 amide bonds. The number of hydrogen-bond acceptors (Lipinski definition) is 2. The average molecular weight is 295 g/mol. The van der Waals surface area contributed by atoms with Crippen LogP contribution in [0.15, 0.2) is 24.3 Å². The second kappa shape index (κ2) is 6.27. The molecule has 1 fully saturated rings. The van der Waals surface area contributed by atoms with Gasteiger partial charge in [0.1, 0.15) is 6.04 Å². The molecular weight excluding hydrogens is 276 g/mol. The van der Waals surface area contributed by atoms with E-state index in [1.807, 2.05) is 32.0 Å². The zero-order valence-electron chi connectivity index (χ0n) is 11.7. The molecule has 1 heterocycles. The predicted octanol–water partition coefficient (Wildman–Crippen LogP) is 2.21. The lowest BCUT2D eigenvalue weighted by Gasteiger charge is -2.33. The first-order valence-corrected chi connectivity index (χ1v) is 7.16. The quantitative estimate of drug-likeness (QED) is 0.925. The summed E-state index contributed by atoms with van der Waals surface area (Å²) in [7, 11) is 0. The number of carbonyl (C=O) groups is 2. The van der Waals surface area contributed by atoms with Gasteiger partial charge in [-0.2, -0.15) is 0 Å². The van der Waals surface area contributed by atoms with E-state index in [2.05, 4.69) is 5.32 Å². The summed E-state index contributed by atoms with van der Waals surface area (Å²) in [5.41, 5.74) is 0.934. The van der Waals surface area contributed by atoms with Gasteiger partial charge in [0, 0.05) is 11.6 Å². The van der Waals surface area contributed by atoms with Crippen molar-refractivity contribution in [1.29, 1.82) is 0 Å². The molecular formula is C15H19ClN2O2. The molecule has 0 radical (unpaired) electrons. The van der Waals surface area contributed by atoms with Crippen LogP contribution in [0.25, 0.3) is 0 Å². The van der Waals surface area contributed by atoms with E-state index < -0.39 is 6.04 Å². The molecule has 4 nitrogen and oxygen atoms in total. The number of benzene rings is 1. The third-order valence-corrected chi connectivity index (χ3v) is 3.48. The monoisotopic (exact) mass is 294 g/mol. The van der Waals surface area contributed by atoms with Crippen LogP contribution in [0.5, 0.6) is 0 Å². The van der Waals surface area contributed by atoms with Crippen molar-refractivity contribution in [1.82, 2.24) is 10.2 Å². The standard InChI is InChI=1S/C15H19ClN2O2/c1-10(2)6-13-15(20)18(9-14(19)17-13)8-11-4-3-5-12(16)7-11/h3-5,7,10,13H,6,8-9H2,1-2H3,(H,17,19). The van der Waals surface area contributed by atoms with E-state index in [0.29, 0.717) is 23.9 Å². The van der Waals surface area contributed by atoms with Crippen LogP contribution < -0.4 is 5.32 Å². The molecule has 2 rings (SSSR count). The van der Waals surface area contributed by atoms with Gasteiger partial charge in [0.15, 0.2) is 0 Å². The van der Waals surface area contributed by atoms with Crippen molar-refractivity contribution in [2.75, 3.05) is 6.54 Å². The Bertz CT molecular complexity index is 516. The molecule has 1 aromatic carbocycles. The van der Waals surface area contributed by atoms with Crippen LogP contribution in [0.4, 0.5) is 0 Å². The Morgan fingerprint density at radius 3 is 2.80 bits per heavy atom. The highest BCUT2D eigenvalue weighted by Gasteiger charge is 2.32. The van der Waals surface area contributed by atoms with Crippen molar-refractivity contribution in [3.05, 3.63) is 34.9 Å². The molecule has 0 bridgehead atoms. The van der Waals surface area contributed by atoms with Gasteiger partial charge in [0.2, 0.25) is 11.8 Å². The van der Waals surface area contributed by atoms with E-state index in [4.69, 9.17) is 11.6 Å². The van der Waals surface area contributed by atoms with Crippen LogP contribution in [-0.4, -0.2) is 29.3 Å². The fourth-order valence-electron chi connectivity index (χ4n) is 2.39. The first kappa shape index (κ1) is 14.9. The van der Waals surface area contributed by atoms with Crippen LogP contribution in [0.2, 0.25) is 5.02 Å². The van der Waals surface area contributed by atoms with Crippen LogP contribution in [-0.2, 0) is 16.1 Å². The second-order valence-electron chi connectivity index (χ2n) is 5.57. The molecule has 1 N–H and O–H groups in total. The van der Waals surface area contributed by atoms with Crippen molar-refractivity contribution < 1.29 is 9.59 Å². The molecule has 0 aromatic heterocycles. The number of nitrogens with zero attached hydrogens (tertiary/aromatic N) is 1. The van der Waals surface area contributed by atoms with Crippen molar-refractivity contribution >= 4 is 23.4 Å². The van der Waals surface area contributed by atoms with E-state index in [-0.39, 0.29) is 18.4 Å². The highest BCUT2D eigenvalue weighted by atomic mass is 35.5. The Hall–Kier alpha value is -1.55. The maximum absolute atomic E-state index is 12.4. The van der Waals surface area contributed by atoms with Gasteiger partial charge in [-0.15, -0.1) is 0 Å². The molecule has 1 unspecified atom stereocenters. The minimum Gasteiger partial charge on any atom is -0.343 e. The highest BCUT2D eigenvalue weighted by molar-refractivity contribution is 6.30. The number of carbonyl (C=O) groups excluding carboxylic acids is 2. The van der Waals surface area contributed by atoms with Crippen LogP contribution in [0.1, 0.15) is 25.8 Å². The minimum absolute atomic E-state index is 0.0155. The van der Waals surface area contributed by atoms with Gasteiger partial charge in [0.05, 0.1) is 6.54 Å². The van der Waals surface area contributed by atoms with Crippen molar-refractivity contribution in [3.8, 4) is 0 Å². The van der Waals surface area contributed by atoms with E-state index in [1.54, 1.807) is 11.0 Å². The van der Waals surface area contributed by atoms with Gasteiger partial charge in [-0.1, -0.05) is 37.6 Å². The minimum atomic E-state index is -0.407. The molecule has 1 aliphatic heterocycles. The van der Waals surface area contributed by atoms with Crippen molar-refractivity contribution in [2.24, 2.45) is 5.92 Å². The molecule has 20 heavy (non-hydrogen) atoms. The molecule has 1 aromatic rings. The Labute approximate surface area is 124 Å². The molecule has 1 saturated heterocycles. The lowest BCUT2D eigenvalue weighted by molar-refractivity contribution is -0.145. The van der Waals surface area contributed by atoms with Gasteiger partial charge in [-0.25, -0.2) is 0 Å². The maximum Gasteiger partial charge on any atom is 0.245 e. The summed E-state index contributed by atoms with van der Waals surface area (Å²) in [6.45, 7) is 4.60. The number of rotatable bonds is 4. The lowest BCUT2D eigenvalue weighted by atomic mass is 10.0. The van der Waals surface area contributed by atoms with Crippen LogP contribution >= 0.6 is 11.6 Å². The third kappa shape index (κ3) is 3.73. The first-order valence-electron chi connectivity index (χ1n) is 6.78. The molecule has 1 aliphatic rings. The summed E-state index contributed by atoms with van der Waals surface area (Å²) >= 11 is 5.94. The van der Waals surface area contributed by atoms with Crippen molar-refractivity contribution in [2.45, 2.75) is 32.9 Å². The zero-order valence-corrected chi connectivity index (χ0v) is 12.5. The predicted molar refractivity (Wildman–Crippen MR) is 78.3 cm³/mol. The third-order valence-electron chi connectivity index (χ3n) is 3.25. The van der Waals surface area contributed by atoms with Crippen LogP contribution in [0, 0.1) is 5.92 Å². The molecule has 1 atom stereocenters. The maximum atomic E-state index is 12.4. The number of piperazine rings is 1. The molecule has 108 valence electrons. The number of nitrogens with one attached hydrogen (secondary N) is 1. The summed E-state index contributed by atoms with van der Waals surface area (Å²) in [5.74, 6) is 0.242. The smallest absolute Gasteiger partial charge is 0.245 e. The Morgan fingerprint density at radius 2 is 2.15 bits per heavy atom.